The minimum atomic E-state index is -1.84. The van der Waals surface area contributed by atoms with Crippen molar-refractivity contribution in [3.63, 3.8) is 0 Å². The zero-order valence-electron chi connectivity index (χ0n) is 15.7. The van der Waals surface area contributed by atoms with Gasteiger partial charge in [0.25, 0.3) is 5.91 Å². The van der Waals surface area contributed by atoms with Gasteiger partial charge in [0, 0.05) is 0 Å². The van der Waals surface area contributed by atoms with Crippen LogP contribution >= 0.6 is 0 Å². The van der Waals surface area contributed by atoms with E-state index in [-0.39, 0.29) is 0 Å². The summed E-state index contributed by atoms with van der Waals surface area (Å²) in [5, 5.41) is 17.7. The Morgan fingerprint density at radius 2 is 1.31 bits per heavy atom. The third-order valence-electron chi connectivity index (χ3n) is 4.86. The molecule has 4 aromatic carbocycles. The third-order valence-corrected chi connectivity index (χ3v) is 4.86. The summed E-state index contributed by atoms with van der Waals surface area (Å²) in [4.78, 5) is 13.0. The lowest BCUT2D eigenvalue weighted by Gasteiger charge is -2.27. The first-order valence-corrected chi connectivity index (χ1v) is 9.33. The second kappa shape index (κ2) is 8.09. The van der Waals surface area contributed by atoms with Gasteiger partial charge in [-0.25, -0.2) is 5.43 Å². The fourth-order valence-corrected chi connectivity index (χ4v) is 3.32. The van der Waals surface area contributed by atoms with Crippen molar-refractivity contribution in [2.75, 3.05) is 0 Å². The molecule has 0 spiro atoms. The number of nitrogens with zero attached hydrogens (tertiary/aromatic N) is 1. The Labute approximate surface area is 169 Å². The molecule has 0 fully saturated rings. The molecule has 0 radical (unpaired) electrons. The van der Waals surface area contributed by atoms with Crippen molar-refractivity contribution in [1.82, 2.24) is 5.43 Å². The molecule has 0 bridgehead atoms. The van der Waals surface area contributed by atoms with Crippen LogP contribution in [0.5, 0.6) is 0 Å². The molecule has 0 aromatic heterocycles. The largest absolute Gasteiger partial charge is 0.372 e. The first kappa shape index (κ1) is 18.6. The fraction of sp³-hybridized carbons (Fsp3) is 0.0400. The smallest absolute Gasteiger partial charge is 0.281 e. The molecule has 4 rings (SSSR count). The zero-order valence-corrected chi connectivity index (χ0v) is 15.7. The van der Waals surface area contributed by atoms with Gasteiger partial charge in [-0.1, -0.05) is 97.1 Å². The highest BCUT2D eigenvalue weighted by molar-refractivity contribution is 5.93. The van der Waals surface area contributed by atoms with Crippen molar-refractivity contribution >= 4 is 22.9 Å². The van der Waals surface area contributed by atoms with Crippen LogP contribution in [-0.4, -0.2) is 17.2 Å². The molecule has 1 amide bonds. The number of hydrazone groups is 1. The van der Waals surface area contributed by atoms with Crippen molar-refractivity contribution in [3.8, 4) is 0 Å². The maximum absolute atomic E-state index is 13.0. The molecule has 4 aromatic rings. The van der Waals surface area contributed by atoms with Crippen LogP contribution in [0.25, 0.3) is 10.8 Å². The van der Waals surface area contributed by atoms with E-state index in [1.807, 2.05) is 54.6 Å². The van der Waals surface area contributed by atoms with Gasteiger partial charge in [-0.3, -0.25) is 4.79 Å². The summed E-state index contributed by atoms with van der Waals surface area (Å²) >= 11 is 0. The van der Waals surface area contributed by atoms with Crippen LogP contribution in [0, 0.1) is 0 Å². The Bertz CT molecular complexity index is 1120. The van der Waals surface area contributed by atoms with Crippen LogP contribution in [-0.2, 0) is 10.4 Å². The summed E-state index contributed by atoms with van der Waals surface area (Å²) in [6.07, 6.45) is 1.57. The Morgan fingerprint density at radius 3 is 1.93 bits per heavy atom. The van der Waals surface area contributed by atoms with E-state index in [4.69, 9.17) is 0 Å². The summed E-state index contributed by atoms with van der Waals surface area (Å²) in [7, 11) is 0. The molecule has 2 N–H and O–H groups in total. The molecule has 0 aliphatic heterocycles. The number of amides is 1. The van der Waals surface area contributed by atoms with Crippen LogP contribution in [0.1, 0.15) is 16.7 Å². The summed E-state index contributed by atoms with van der Waals surface area (Å²) in [6.45, 7) is 0. The Morgan fingerprint density at radius 1 is 0.759 bits per heavy atom. The van der Waals surface area contributed by atoms with Crippen LogP contribution in [0.15, 0.2) is 108 Å². The predicted octanol–water partition coefficient (Wildman–Crippen LogP) is 4.23. The summed E-state index contributed by atoms with van der Waals surface area (Å²) < 4.78 is 0. The van der Waals surface area contributed by atoms with E-state index in [1.54, 1.807) is 54.7 Å². The number of benzene rings is 4. The average Bonchev–Trinajstić information content (AvgIpc) is 2.79. The Hall–Kier alpha value is -3.76. The quantitative estimate of drug-likeness (QED) is 0.402. The molecule has 0 aliphatic rings. The molecule has 0 unspecified atom stereocenters. The van der Waals surface area contributed by atoms with Crippen LogP contribution in [0.2, 0.25) is 0 Å². The van der Waals surface area contributed by atoms with Crippen molar-refractivity contribution in [1.29, 1.82) is 0 Å². The average molecular weight is 380 g/mol. The summed E-state index contributed by atoms with van der Waals surface area (Å²) in [5.41, 5.74) is 2.46. The van der Waals surface area contributed by atoms with Gasteiger partial charge in [0.1, 0.15) is 0 Å². The number of aliphatic hydroxyl groups is 1. The Balaban J connectivity index is 1.60. The number of fused-ring (bicyclic) bond motifs is 1. The number of hydrogen-bond donors (Lipinski definition) is 2. The highest BCUT2D eigenvalue weighted by Crippen LogP contribution is 2.29. The standard InChI is InChI=1S/C25H20N2O2/c28-24(27-26-18-19-15-16-20-9-7-8-10-21(20)17-19)25(29,22-11-3-1-4-12-22)23-13-5-2-6-14-23/h1-18,29H,(H,27,28)/b26-18+. The lowest BCUT2D eigenvalue weighted by Crippen LogP contribution is -2.43. The number of rotatable bonds is 5. The summed E-state index contributed by atoms with van der Waals surface area (Å²) in [6, 6.07) is 31.7. The maximum Gasteiger partial charge on any atom is 0.281 e. The highest BCUT2D eigenvalue weighted by atomic mass is 16.3. The van der Waals surface area contributed by atoms with Gasteiger partial charge in [0.2, 0.25) is 0 Å². The monoisotopic (exact) mass is 380 g/mol. The molecule has 0 aliphatic carbocycles. The lowest BCUT2D eigenvalue weighted by atomic mass is 9.85. The molecule has 0 saturated heterocycles. The van der Waals surface area contributed by atoms with E-state index in [1.165, 1.54) is 0 Å². The first-order chi connectivity index (χ1) is 14.2. The minimum absolute atomic E-state index is 0.476. The molecule has 4 heteroatoms. The van der Waals surface area contributed by atoms with Crippen molar-refractivity contribution < 1.29 is 9.90 Å². The SMILES string of the molecule is O=C(N/N=C/c1ccc2ccccc2c1)C(O)(c1ccccc1)c1ccccc1. The number of hydrogen-bond acceptors (Lipinski definition) is 3. The first-order valence-electron chi connectivity index (χ1n) is 9.33. The van der Waals surface area contributed by atoms with E-state index in [0.717, 1.165) is 16.3 Å². The van der Waals surface area contributed by atoms with Gasteiger partial charge in [0.15, 0.2) is 5.60 Å². The molecule has 142 valence electrons. The molecule has 4 nitrogen and oxygen atoms in total. The van der Waals surface area contributed by atoms with Gasteiger partial charge in [-0.05, 0) is 33.5 Å². The summed E-state index contributed by atoms with van der Waals surface area (Å²) in [5.74, 6) is -0.619. The topological polar surface area (TPSA) is 61.7 Å². The number of nitrogens with one attached hydrogen (secondary N) is 1. The number of carbonyl (C=O) groups is 1. The van der Waals surface area contributed by atoms with Gasteiger partial charge in [-0.15, -0.1) is 0 Å². The Kier molecular flexibility index (Phi) is 5.18. The second-order valence-corrected chi connectivity index (χ2v) is 6.75. The van der Waals surface area contributed by atoms with E-state index < -0.39 is 11.5 Å². The molecule has 0 heterocycles. The molecule has 0 atom stereocenters. The van der Waals surface area contributed by atoms with Gasteiger partial charge < -0.3 is 5.11 Å². The molecular weight excluding hydrogens is 360 g/mol. The van der Waals surface area contributed by atoms with E-state index in [2.05, 4.69) is 10.5 Å². The lowest BCUT2D eigenvalue weighted by molar-refractivity contribution is -0.136. The highest BCUT2D eigenvalue weighted by Gasteiger charge is 2.39. The number of carbonyl (C=O) groups excluding carboxylic acids is 1. The van der Waals surface area contributed by atoms with E-state index >= 15 is 0 Å². The van der Waals surface area contributed by atoms with E-state index in [9.17, 15) is 9.90 Å². The van der Waals surface area contributed by atoms with Gasteiger partial charge in [-0.2, -0.15) is 5.10 Å². The fourth-order valence-electron chi connectivity index (χ4n) is 3.32. The molecule has 29 heavy (non-hydrogen) atoms. The molecule has 0 saturated carbocycles. The van der Waals surface area contributed by atoms with Crippen LogP contribution in [0.3, 0.4) is 0 Å². The minimum Gasteiger partial charge on any atom is -0.372 e. The van der Waals surface area contributed by atoms with Gasteiger partial charge >= 0.3 is 0 Å². The maximum atomic E-state index is 13.0. The van der Waals surface area contributed by atoms with Crippen molar-refractivity contribution in [2.24, 2.45) is 5.10 Å². The van der Waals surface area contributed by atoms with Gasteiger partial charge in [0.05, 0.1) is 6.21 Å². The van der Waals surface area contributed by atoms with Crippen molar-refractivity contribution in [2.45, 2.75) is 5.60 Å². The normalized spacial score (nSPS) is 11.6. The molecular formula is C25H20N2O2. The van der Waals surface area contributed by atoms with Crippen molar-refractivity contribution in [3.05, 3.63) is 120 Å². The third kappa shape index (κ3) is 3.79. The van der Waals surface area contributed by atoms with Crippen LogP contribution < -0.4 is 5.43 Å². The van der Waals surface area contributed by atoms with E-state index in [0.29, 0.717) is 11.1 Å². The second-order valence-electron chi connectivity index (χ2n) is 6.75. The predicted molar refractivity (Wildman–Crippen MR) is 116 cm³/mol. The van der Waals surface area contributed by atoms with Crippen LogP contribution in [0.4, 0.5) is 0 Å². The zero-order chi connectivity index (χ0) is 20.1.